The maximum Gasteiger partial charge on any atom is 0.222 e. The average molecular weight is 989 g/mol. The van der Waals surface area contributed by atoms with Gasteiger partial charge in [-0.25, -0.2) is 0 Å². The highest BCUT2D eigenvalue weighted by molar-refractivity contribution is 5.83. The molecule has 0 aromatic heterocycles. The summed E-state index contributed by atoms with van der Waals surface area (Å²) in [5, 5.41) is 8.89. The number of ketones is 1. The molecule has 20 atom stereocenters. The number of nitrogens with one attached hydrogen (secondary N) is 3. The fourth-order valence-corrected chi connectivity index (χ4v) is 11.0. The number of hydrogen-bond donors (Lipinski definition) is 4. The summed E-state index contributed by atoms with van der Waals surface area (Å²) in [4.78, 5) is 55.7. The molecule has 0 aliphatic carbocycles. The second kappa shape index (κ2) is 20.0. The third-order valence-corrected chi connectivity index (χ3v) is 13.6. The van der Waals surface area contributed by atoms with E-state index in [1.807, 2.05) is 0 Å². The number of methoxy groups -OCH3 is 4. The summed E-state index contributed by atoms with van der Waals surface area (Å²) in [6, 6.07) is -3.96. The summed E-state index contributed by atoms with van der Waals surface area (Å²) in [7, 11) is 5.92. The minimum absolute atomic E-state index is 0.114. The van der Waals surface area contributed by atoms with Crippen molar-refractivity contribution in [3.63, 3.8) is 0 Å². The summed E-state index contributed by atoms with van der Waals surface area (Å²) in [5.74, 6) is -5.81. The lowest BCUT2D eigenvalue weighted by Crippen LogP contribution is -2.57. The van der Waals surface area contributed by atoms with E-state index in [9.17, 15) is 19.2 Å². The number of carbonyl (C=O) groups is 4. The first kappa shape index (κ1) is 52.7. The van der Waals surface area contributed by atoms with Crippen molar-refractivity contribution < 1.29 is 95.0 Å². The van der Waals surface area contributed by atoms with Gasteiger partial charge in [-0.1, -0.05) is 0 Å². The van der Waals surface area contributed by atoms with Crippen LogP contribution in [0.25, 0.3) is 0 Å². The van der Waals surface area contributed by atoms with Crippen molar-refractivity contribution in [2.75, 3.05) is 28.4 Å². The van der Waals surface area contributed by atoms with Gasteiger partial charge < -0.3 is 97.5 Å². The quantitative estimate of drug-likeness (QED) is 0.127. The van der Waals surface area contributed by atoms with E-state index >= 15 is 0 Å². The van der Waals surface area contributed by atoms with Gasteiger partial charge in [0.05, 0.1) is 18.1 Å². The van der Waals surface area contributed by atoms with Crippen molar-refractivity contribution in [3.05, 3.63) is 0 Å². The lowest BCUT2D eigenvalue weighted by Gasteiger charge is -2.34. The highest BCUT2D eigenvalue weighted by Gasteiger charge is 2.61. The normalized spacial score (nSPS) is 41.4. The maximum absolute atomic E-state index is 14.6. The molecule has 69 heavy (non-hydrogen) atoms. The van der Waals surface area contributed by atoms with E-state index in [-0.39, 0.29) is 25.0 Å². The summed E-state index contributed by atoms with van der Waals surface area (Å²) in [6.45, 7) is 15.4. The van der Waals surface area contributed by atoms with Gasteiger partial charge in [0, 0.05) is 60.2 Å². The van der Waals surface area contributed by atoms with Crippen LogP contribution in [-0.2, 0) is 95.0 Å². The number of hydrogen-bond acceptors (Lipinski definition) is 21. The molecular formula is C45H72N4O20. The van der Waals surface area contributed by atoms with Crippen LogP contribution in [-0.4, -0.2) is 198 Å². The van der Waals surface area contributed by atoms with Crippen molar-refractivity contribution in [2.45, 2.75) is 234 Å². The molecule has 24 nitrogen and oxygen atoms in total. The van der Waals surface area contributed by atoms with E-state index in [0.717, 1.165) is 0 Å². The molecule has 8 aliphatic heterocycles. The van der Waals surface area contributed by atoms with Crippen LogP contribution >= 0.6 is 0 Å². The van der Waals surface area contributed by atoms with Gasteiger partial charge in [-0.05, 0) is 62.3 Å². The highest BCUT2D eigenvalue weighted by atomic mass is 16.9. The van der Waals surface area contributed by atoms with E-state index in [4.69, 9.17) is 81.5 Å². The van der Waals surface area contributed by atoms with Crippen LogP contribution in [0.3, 0.4) is 0 Å². The molecule has 8 aliphatic rings. The number of amides is 3. The van der Waals surface area contributed by atoms with Gasteiger partial charge in [-0.2, -0.15) is 0 Å². The minimum Gasteiger partial charge on any atom is -0.376 e. The van der Waals surface area contributed by atoms with Crippen LogP contribution in [0, 0.1) is 0 Å². The van der Waals surface area contributed by atoms with Crippen LogP contribution in [0.1, 0.15) is 88.0 Å². The Hall–Kier alpha value is -2.60. The number of fused-ring (bicyclic) bond motifs is 4. The Morgan fingerprint density at radius 3 is 0.986 bits per heavy atom. The summed E-state index contributed by atoms with van der Waals surface area (Å²) >= 11 is 0. The first-order valence-electron chi connectivity index (χ1n) is 23.6. The monoisotopic (exact) mass is 988 g/mol. The number of rotatable bonds is 19. The van der Waals surface area contributed by atoms with Gasteiger partial charge in [0.2, 0.25) is 17.7 Å². The number of nitrogens with two attached hydrogens (primary N) is 1. The Bertz CT molecular complexity index is 1890. The van der Waals surface area contributed by atoms with Gasteiger partial charge in [-0.3, -0.25) is 19.2 Å². The summed E-state index contributed by atoms with van der Waals surface area (Å²) < 4.78 is 96.8. The SMILES string of the molecule is CO[C@@H]1[C@H]2OC(C)(C)O[C@H]2O[C@@H]1C(N)CC(=O)NC(CC(=O)NC(CC(=O)NC(CC(C)=O)[C@H]1O[C@@H]2OC(C)(C)O[C@@H]2[C@H]1OC)[C@H]1O[C@@H]2OC(C)(C)O[C@@H]2[C@H]1OC)[C@H]1O[C@@H]2OC(C)(C)O[C@@H]2[C@H]1OC. The van der Waals surface area contributed by atoms with Crippen molar-refractivity contribution in [1.29, 1.82) is 0 Å². The third kappa shape index (κ3) is 11.2. The third-order valence-electron chi connectivity index (χ3n) is 13.6. The Kier molecular flexibility index (Phi) is 15.3. The molecule has 0 radical (unpaired) electrons. The summed E-state index contributed by atoms with van der Waals surface area (Å²) in [6.07, 6.45) is -13.7. The van der Waals surface area contributed by atoms with Gasteiger partial charge in [0.25, 0.3) is 0 Å². The van der Waals surface area contributed by atoms with Crippen molar-refractivity contribution >= 4 is 23.5 Å². The summed E-state index contributed by atoms with van der Waals surface area (Å²) in [5.41, 5.74) is 6.64. The smallest absolute Gasteiger partial charge is 0.222 e. The Labute approximate surface area is 401 Å². The molecule has 3 amide bonds. The second-order valence-electron chi connectivity index (χ2n) is 20.8. The van der Waals surface area contributed by atoms with Crippen LogP contribution in [0.15, 0.2) is 0 Å². The molecule has 4 unspecified atom stereocenters. The van der Waals surface area contributed by atoms with E-state index in [1.54, 1.807) is 55.4 Å². The molecular weight excluding hydrogens is 917 g/mol. The van der Waals surface area contributed by atoms with E-state index < -0.39 is 170 Å². The Morgan fingerprint density at radius 2 is 0.696 bits per heavy atom. The molecule has 24 heteroatoms. The van der Waals surface area contributed by atoms with Crippen LogP contribution in [0.4, 0.5) is 0 Å². The molecule has 5 N–H and O–H groups in total. The lowest BCUT2D eigenvalue weighted by atomic mass is 9.96. The highest BCUT2D eigenvalue weighted by Crippen LogP contribution is 2.44. The van der Waals surface area contributed by atoms with Gasteiger partial charge in [-0.15, -0.1) is 0 Å². The molecule has 392 valence electrons. The van der Waals surface area contributed by atoms with Crippen molar-refractivity contribution in [1.82, 2.24) is 16.0 Å². The second-order valence-corrected chi connectivity index (χ2v) is 20.8. The Balaban J connectivity index is 1.01. The molecule has 0 aromatic carbocycles. The predicted molar refractivity (Wildman–Crippen MR) is 231 cm³/mol. The lowest BCUT2D eigenvalue weighted by molar-refractivity contribution is -0.220. The zero-order valence-electron chi connectivity index (χ0n) is 41.6. The predicted octanol–water partition coefficient (Wildman–Crippen LogP) is -0.517. The first-order valence-corrected chi connectivity index (χ1v) is 23.6. The zero-order valence-corrected chi connectivity index (χ0v) is 41.6. The molecule has 0 spiro atoms. The topological polar surface area (TPSA) is 278 Å². The maximum atomic E-state index is 14.6. The van der Waals surface area contributed by atoms with Gasteiger partial charge >= 0.3 is 0 Å². The molecule has 0 aromatic rings. The number of Topliss-reactive ketones (excluding diaryl/α,β-unsaturated/α-hetero) is 1. The van der Waals surface area contributed by atoms with Gasteiger partial charge in [0.1, 0.15) is 79.0 Å². The van der Waals surface area contributed by atoms with Crippen molar-refractivity contribution in [3.8, 4) is 0 Å². The fraction of sp³-hybridized carbons (Fsp3) is 0.911. The van der Waals surface area contributed by atoms with Crippen LogP contribution in [0.2, 0.25) is 0 Å². The molecule has 8 saturated heterocycles. The standard InChI is InChI=1S/C45H72N4O20/c1-18(50)14-20(27-31(55-11)35-39(59-27)67-43(4,5)63-35)47-24(52)17-22(29-33(57-13)37-41(61-29)69-45(8,9)65-37)49-25(53)16-21(28-32(56-12)36-40(60-28)68-44(6,7)64-36)48-23(51)15-19(46)26-30(54-10)34-38(58-26)66-42(2,3)62-34/h19-22,26-41H,14-17,46H2,1-13H3,(H,47,52)(H,48,51)(H,49,53)/t19?,20?,21?,22?,26-,27-,28-,29-,30+,31+,32+,33+,34-,35-,36-,37-,38-,39-,40-,41-/m1/s1. The zero-order chi connectivity index (χ0) is 50.1. The largest absolute Gasteiger partial charge is 0.376 e. The molecule has 8 fully saturated rings. The van der Waals surface area contributed by atoms with E-state index in [0.29, 0.717) is 0 Å². The minimum atomic E-state index is -1.10. The molecule has 0 saturated carbocycles. The van der Waals surface area contributed by atoms with Crippen molar-refractivity contribution in [2.24, 2.45) is 5.73 Å². The van der Waals surface area contributed by atoms with E-state index in [1.165, 1.54) is 35.4 Å². The average Bonchev–Trinajstić information content (AvgIpc) is 4.10. The number of ether oxygens (including phenoxy) is 16. The molecule has 0 bridgehead atoms. The Morgan fingerprint density at radius 1 is 0.435 bits per heavy atom. The number of carbonyl (C=O) groups excluding carboxylic acids is 4. The van der Waals surface area contributed by atoms with Crippen LogP contribution < -0.4 is 21.7 Å². The molecule has 8 rings (SSSR count). The van der Waals surface area contributed by atoms with Crippen LogP contribution in [0.5, 0.6) is 0 Å². The van der Waals surface area contributed by atoms with Gasteiger partial charge in [0.15, 0.2) is 48.3 Å². The molecule has 8 heterocycles. The fourth-order valence-electron chi connectivity index (χ4n) is 11.0. The first-order chi connectivity index (χ1) is 32.3. The van der Waals surface area contributed by atoms with E-state index in [2.05, 4.69) is 16.0 Å².